The van der Waals surface area contributed by atoms with Crippen molar-refractivity contribution in [2.24, 2.45) is 56.7 Å². The molecule has 31 heavy (non-hydrogen) atoms. The van der Waals surface area contributed by atoms with Gasteiger partial charge >= 0.3 is 0 Å². The van der Waals surface area contributed by atoms with Crippen LogP contribution in [0.25, 0.3) is 0 Å². The molecule has 0 spiro atoms. The molecule has 1 heteroatoms. The quantitative estimate of drug-likeness (QED) is 0.387. The Bertz CT molecular complexity index is 807. The maximum atomic E-state index is 12.9. The third-order valence-electron chi connectivity index (χ3n) is 13.2. The first-order valence-electron chi connectivity index (χ1n) is 13.5. The molecule has 0 heterocycles. The Kier molecular flexibility index (Phi) is 4.66. The Balaban J connectivity index is 1.55. The second-order valence-electron chi connectivity index (χ2n) is 14.5. The monoisotopic (exact) mass is 424 g/mol. The highest BCUT2D eigenvalue weighted by Crippen LogP contribution is 2.77. The Morgan fingerprint density at radius 3 is 2.19 bits per heavy atom. The topological polar surface area (TPSA) is 17.1 Å². The molecule has 5 fully saturated rings. The van der Waals surface area contributed by atoms with Crippen molar-refractivity contribution >= 4 is 5.78 Å². The highest BCUT2D eigenvalue weighted by molar-refractivity contribution is 5.85. The summed E-state index contributed by atoms with van der Waals surface area (Å²) in [5.41, 5.74) is 3.06. The van der Waals surface area contributed by atoms with Crippen LogP contribution in [0.2, 0.25) is 0 Å². The Labute approximate surface area is 192 Å². The van der Waals surface area contributed by atoms with E-state index in [2.05, 4.69) is 55.0 Å². The third-order valence-corrected chi connectivity index (χ3v) is 13.2. The predicted octanol–water partition coefficient (Wildman–Crippen LogP) is 8.23. The second kappa shape index (κ2) is 6.50. The van der Waals surface area contributed by atoms with Gasteiger partial charge in [0.2, 0.25) is 0 Å². The summed E-state index contributed by atoms with van der Waals surface area (Å²) in [6, 6.07) is 0. The van der Waals surface area contributed by atoms with E-state index in [1.54, 1.807) is 0 Å². The van der Waals surface area contributed by atoms with Gasteiger partial charge in [-0.25, -0.2) is 0 Å². The van der Waals surface area contributed by atoms with Crippen LogP contribution >= 0.6 is 0 Å². The maximum absolute atomic E-state index is 12.9. The number of carbonyl (C=O) groups is 1. The van der Waals surface area contributed by atoms with Crippen LogP contribution in [-0.2, 0) is 4.79 Å². The largest absolute Gasteiger partial charge is 0.299 e. The fourth-order valence-corrected chi connectivity index (χ4v) is 11.3. The van der Waals surface area contributed by atoms with Crippen molar-refractivity contribution in [2.45, 2.75) is 113 Å². The third kappa shape index (κ3) is 2.59. The van der Waals surface area contributed by atoms with Gasteiger partial charge in [-0.3, -0.25) is 4.79 Å². The van der Waals surface area contributed by atoms with Crippen LogP contribution in [0, 0.1) is 56.7 Å². The number of Topliss-reactive ketones (excluding diaryl/α,β-unsaturated/α-hetero) is 1. The van der Waals surface area contributed by atoms with Gasteiger partial charge in [0.05, 0.1) is 0 Å². The average Bonchev–Trinajstić information content (AvgIpc) is 3.04. The van der Waals surface area contributed by atoms with Crippen LogP contribution in [-0.4, -0.2) is 5.78 Å². The van der Waals surface area contributed by atoms with Gasteiger partial charge in [0.1, 0.15) is 5.78 Å². The van der Waals surface area contributed by atoms with E-state index < -0.39 is 0 Å². The molecule has 0 aromatic heterocycles. The lowest BCUT2D eigenvalue weighted by atomic mass is 9.32. The molecule has 0 aromatic rings. The number of hydrogen-bond acceptors (Lipinski definition) is 1. The number of fused-ring (bicyclic) bond motifs is 7. The summed E-state index contributed by atoms with van der Waals surface area (Å²) in [6.07, 6.45) is 13.0. The molecule has 1 nitrogen and oxygen atoms in total. The molecule has 0 aliphatic heterocycles. The lowest BCUT2D eigenvalue weighted by Crippen LogP contribution is -2.66. The molecule has 0 N–H and O–H groups in total. The van der Waals surface area contributed by atoms with E-state index in [1.165, 1.54) is 56.9 Å². The summed E-state index contributed by atoms with van der Waals surface area (Å²) in [5, 5.41) is 0. The van der Waals surface area contributed by atoms with Crippen LogP contribution in [0.4, 0.5) is 0 Å². The van der Waals surface area contributed by atoms with E-state index >= 15 is 0 Å². The van der Waals surface area contributed by atoms with Crippen LogP contribution < -0.4 is 0 Å². The van der Waals surface area contributed by atoms with Gasteiger partial charge in [-0.2, -0.15) is 0 Å². The number of allylic oxidation sites excluding steroid dienone is 1. The van der Waals surface area contributed by atoms with Gasteiger partial charge in [0, 0.05) is 11.8 Å². The summed E-state index contributed by atoms with van der Waals surface area (Å²) < 4.78 is 0. The Hall–Kier alpha value is -0.590. The number of rotatable bonds is 1. The van der Waals surface area contributed by atoms with Crippen LogP contribution in [0.5, 0.6) is 0 Å². The van der Waals surface area contributed by atoms with Crippen molar-refractivity contribution in [2.75, 3.05) is 0 Å². The molecule has 5 rings (SSSR count). The maximum Gasteiger partial charge on any atom is 0.138 e. The molecule has 0 bridgehead atoms. The number of ketones is 1. The van der Waals surface area contributed by atoms with Gasteiger partial charge in [0.25, 0.3) is 0 Å². The summed E-state index contributed by atoms with van der Waals surface area (Å²) >= 11 is 0. The lowest BCUT2D eigenvalue weighted by Gasteiger charge is -2.72. The van der Waals surface area contributed by atoms with E-state index in [9.17, 15) is 4.79 Å². The SMILES string of the molecule is C=C(C)[C@@H]1CC[C@]2(C)CC[C@]3(C)[C@H](CC[C@@H]4[C@@]5(C)CCC(=O)C(C)(C)C5CC[C@]43C)C12. The zero-order valence-corrected chi connectivity index (χ0v) is 21.6. The number of carbonyl (C=O) groups excluding carboxylic acids is 1. The van der Waals surface area contributed by atoms with Crippen LogP contribution in [0.3, 0.4) is 0 Å². The molecular weight excluding hydrogens is 376 g/mol. The zero-order valence-electron chi connectivity index (χ0n) is 21.6. The summed E-state index contributed by atoms with van der Waals surface area (Å²) in [7, 11) is 0. The van der Waals surface area contributed by atoms with Gasteiger partial charge in [0.15, 0.2) is 0 Å². The van der Waals surface area contributed by atoms with Gasteiger partial charge in [-0.15, -0.1) is 0 Å². The molecule has 0 radical (unpaired) electrons. The molecule has 5 aliphatic rings. The fraction of sp³-hybridized carbons (Fsp3) is 0.900. The van der Waals surface area contributed by atoms with Crippen molar-refractivity contribution < 1.29 is 4.79 Å². The van der Waals surface area contributed by atoms with Crippen molar-refractivity contribution in [1.82, 2.24) is 0 Å². The van der Waals surface area contributed by atoms with E-state index in [0.29, 0.717) is 33.4 Å². The fourth-order valence-electron chi connectivity index (χ4n) is 11.3. The minimum absolute atomic E-state index is 0.131. The summed E-state index contributed by atoms with van der Waals surface area (Å²) in [5.74, 6) is 4.33. The standard InChI is InChI=1S/C30H48O/c1-19(2)20-11-14-27(5)17-18-29(7)21(25(20)27)9-10-23-28(6)15-13-24(31)26(3,4)22(28)12-16-30(23,29)8/h20-23,25H,1,9-18H2,2-8H3/t20-,21+,22?,23+,25?,27+,28-,29+,30+/m0/s1. The smallest absolute Gasteiger partial charge is 0.138 e. The first kappa shape index (κ1) is 22.2. The second-order valence-corrected chi connectivity index (χ2v) is 14.5. The molecule has 5 saturated carbocycles. The van der Waals surface area contributed by atoms with E-state index in [0.717, 1.165) is 36.5 Å². The predicted molar refractivity (Wildman–Crippen MR) is 130 cm³/mol. The molecule has 0 saturated heterocycles. The number of hydrogen-bond donors (Lipinski definition) is 0. The zero-order chi connectivity index (χ0) is 22.6. The van der Waals surface area contributed by atoms with Crippen molar-refractivity contribution in [1.29, 1.82) is 0 Å². The molecule has 0 aromatic carbocycles. The van der Waals surface area contributed by atoms with Crippen LogP contribution in [0.1, 0.15) is 113 Å². The van der Waals surface area contributed by atoms with Crippen molar-refractivity contribution in [3.63, 3.8) is 0 Å². The summed E-state index contributed by atoms with van der Waals surface area (Å²) in [6.45, 7) is 22.0. The molecule has 5 aliphatic carbocycles. The minimum atomic E-state index is -0.131. The first-order chi connectivity index (χ1) is 14.3. The van der Waals surface area contributed by atoms with Gasteiger partial charge in [-0.1, -0.05) is 53.7 Å². The van der Waals surface area contributed by atoms with Crippen molar-refractivity contribution in [3.8, 4) is 0 Å². The highest BCUT2D eigenvalue weighted by Gasteiger charge is 2.70. The molecule has 0 amide bonds. The van der Waals surface area contributed by atoms with Gasteiger partial charge in [-0.05, 0) is 116 Å². The van der Waals surface area contributed by atoms with Crippen molar-refractivity contribution in [3.05, 3.63) is 12.2 Å². The van der Waals surface area contributed by atoms with E-state index in [-0.39, 0.29) is 5.41 Å². The Morgan fingerprint density at radius 2 is 1.52 bits per heavy atom. The van der Waals surface area contributed by atoms with Gasteiger partial charge < -0.3 is 0 Å². The lowest BCUT2D eigenvalue weighted by molar-refractivity contribution is -0.232. The average molecular weight is 425 g/mol. The summed E-state index contributed by atoms with van der Waals surface area (Å²) in [4.78, 5) is 12.9. The molecule has 2 unspecified atom stereocenters. The minimum Gasteiger partial charge on any atom is -0.299 e. The molecule has 174 valence electrons. The van der Waals surface area contributed by atoms with E-state index in [4.69, 9.17) is 0 Å². The molecule has 9 atom stereocenters. The van der Waals surface area contributed by atoms with Crippen LogP contribution in [0.15, 0.2) is 12.2 Å². The van der Waals surface area contributed by atoms with E-state index in [1.807, 2.05) is 0 Å². The Morgan fingerprint density at radius 1 is 0.806 bits per heavy atom. The molecular formula is C30H48O. The first-order valence-corrected chi connectivity index (χ1v) is 13.5. The highest BCUT2D eigenvalue weighted by atomic mass is 16.1. The normalized spacial score (nSPS) is 55.6.